The lowest BCUT2D eigenvalue weighted by Crippen LogP contribution is -2.27. The lowest BCUT2D eigenvalue weighted by atomic mass is 10.1. The molecule has 0 saturated heterocycles. The third-order valence-corrected chi connectivity index (χ3v) is 3.82. The number of carbonyl (C=O) groups is 1. The van der Waals surface area contributed by atoms with Crippen molar-refractivity contribution in [2.75, 3.05) is 6.54 Å². The molecule has 3 aromatic rings. The van der Waals surface area contributed by atoms with Crippen molar-refractivity contribution in [3.8, 4) is 0 Å². The van der Waals surface area contributed by atoms with E-state index in [1.165, 1.54) is 0 Å². The topological polar surface area (TPSA) is 55.1 Å². The van der Waals surface area contributed by atoms with E-state index in [-0.39, 0.29) is 5.91 Å². The monoisotopic (exact) mass is 328 g/mol. The largest absolute Gasteiger partial charge is 0.441 e. The second-order valence-electron chi connectivity index (χ2n) is 5.44. The van der Waals surface area contributed by atoms with Gasteiger partial charge in [0.2, 0.25) is 5.91 Å². The van der Waals surface area contributed by atoms with Gasteiger partial charge in [-0.1, -0.05) is 29.8 Å². The maximum Gasteiger partial charge on any atom is 0.224 e. The quantitative estimate of drug-likeness (QED) is 0.777. The van der Waals surface area contributed by atoms with E-state index in [0.29, 0.717) is 18.9 Å². The summed E-state index contributed by atoms with van der Waals surface area (Å²) in [5.41, 5.74) is 3.60. The van der Waals surface area contributed by atoms with Crippen LogP contribution in [0.5, 0.6) is 0 Å². The van der Waals surface area contributed by atoms with Gasteiger partial charge >= 0.3 is 0 Å². The molecule has 118 valence electrons. The van der Waals surface area contributed by atoms with Gasteiger partial charge in [0.15, 0.2) is 11.5 Å². The third kappa shape index (κ3) is 4.11. The molecule has 1 N–H and O–H groups in total. The van der Waals surface area contributed by atoms with Gasteiger partial charge in [0, 0.05) is 18.5 Å². The number of hydrogen-bond acceptors (Lipinski definition) is 3. The molecule has 4 nitrogen and oxygen atoms in total. The number of halogens is 1. The van der Waals surface area contributed by atoms with E-state index < -0.39 is 0 Å². The standard InChI is InChI=1S/C18H17ClN2O2/c1-12-21-16-10-14(4-7-17(16)23-12)11-18(22)20-9-8-13-2-5-15(19)6-3-13/h2-7,10H,8-9,11H2,1H3,(H,20,22). The first-order valence-corrected chi connectivity index (χ1v) is 7.85. The lowest BCUT2D eigenvalue weighted by molar-refractivity contribution is -0.120. The Morgan fingerprint density at radius 1 is 1.17 bits per heavy atom. The van der Waals surface area contributed by atoms with Crippen LogP contribution in [0.1, 0.15) is 17.0 Å². The molecule has 0 fully saturated rings. The zero-order valence-electron chi connectivity index (χ0n) is 12.8. The molecule has 0 saturated carbocycles. The van der Waals surface area contributed by atoms with Gasteiger partial charge in [0.25, 0.3) is 0 Å². The smallest absolute Gasteiger partial charge is 0.224 e. The SMILES string of the molecule is Cc1nc2cc(CC(=O)NCCc3ccc(Cl)cc3)ccc2o1. The molecule has 2 aromatic carbocycles. The minimum atomic E-state index is -0.00136. The van der Waals surface area contributed by atoms with Gasteiger partial charge in [-0.3, -0.25) is 4.79 Å². The fourth-order valence-electron chi connectivity index (χ4n) is 2.44. The molecule has 0 aliphatic rings. The van der Waals surface area contributed by atoms with E-state index in [9.17, 15) is 4.79 Å². The van der Waals surface area contributed by atoms with Gasteiger partial charge in [-0.05, 0) is 41.8 Å². The average Bonchev–Trinajstić information content (AvgIpc) is 2.88. The molecule has 0 unspecified atom stereocenters. The summed E-state index contributed by atoms with van der Waals surface area (Å²) in [4.78, 5) is 16.3. The van der Waals surface area contributed by atoms with Crippen molar-refractivity contribution >= 4 is 28.6 Å². The zero-order chi connectivity index (χ0) is 16.2. The first-order chi connectivity index (χ1) is 11.1. The number of aromatic nitrogens is 1. The van der Waals surface area contributed by atoms with Crippen LogP contribution >= 0.6 is 11.6 Å². The van der Waals surface area contributed by atoms with Crippen LogP contribution in [0, 0.1) is 6.92 Å². The van der Waals surface area contributed by atoms with Crippen molar-refractivity contribution in [3.63, 3.8) is 0 Å². The number of amides is 1. The molecule has 5 heteroatoms. The number of aryl methyl sites for hydroxylation is 1. The summed E-state index contributed by atoms with van der Waals surface area (Å²) in [6, 6.07) is 13.3. The van der Waals surface area contributed by atoms with Crippen molar-refractivity contribution in [1.29, 1.82) is 0 Å². The molecule has 0 spiro atoms. The van der Waals surface area contributed by atoms with E-state index in [1.807, 2.05) is 49.4 Å². The van der Waals surface area contributed by atoms with Gasteiger partial charge in [-0.25, -0.2) is 4.98 Å². The fourth-order valence-corrected chi connectivity index (χ4v) is 2.57. The molecule has 0 aliphatic carbocycles. The van der Waals surface area contributed by atoms with Crippen molar-refractivity contribution in [3.05, 3.63) is 64.5 Å². The molecule has 0 aliphatic heterocycles. The van der Waals surface area contributed by atoms with Crippen molar-refractivity contribution in [2.24, 2.45) is 0 Å². The number of nitrogens with one attached hydrogen (secondary N) is 1. The highest BCUT2D eigenvalue weighted by Gasteiger charge is 2.07. The highest BCUT2D eigenvalue weighted by molar-refractivity contribution is 6.30. The van der Waals surface area contributed by atoms with Crippen LogP contribution in [0.15, 0.2) is 46.9 Å². The van der Waals surface area contributed by atoms with Gasteiger partial charge < -0.3 is 9.73 Å². The lowest BCUT2D eigenvalue weighted by Gasteiger charge is -2.06. The molecule has 1 heterocycles. The van der Waals surface area contributed by atoms with E-state index in [4.69, 9.17) is 16.0 Å². The van der Waals surface area contributed by atoms with Crippen molar-refractivity contribution in [1.82, 2.24) is 10.3 Å². The predicted molar refractivity (Wildman–Crippen MR) is 90.6 cm³/mol. The van der Waals surface area contributed by atoms with Crippen LogP contribution in [0.4, 0.5) is 0 Å². The highest BCUT2D eigenvalue weighted by Crippen LogP contribution is 2.17. The van der Waals surface area contributed by atoms with Crippen LogP contribution in [-0.4, -0.2) is 17.4 Å². The number of rotatable bonds is 5. The van der Waals surface area contributed by atoms with E-state index in [0.717, 1.165) is 33.7 Å². The Balaban J connectivity index is 1.52. The summed E-state index contributed by atoms with van der Waals surface area (Å²) >= 11 is 5.85. The highest BCUT2D eigenvalue weighted by atomic mass is 35.5. The minimum absolute atomic E-state index is 0.00136. The maximum absolute atomic E-state index is 12.0. The van der Waals surface area contributed by atoms with Crippen molar-refractivity contribution < 1.29 is 9.21 Å². The molecule has 0 bridgehead atoms. The van der Waals surface area contributed by atoms with Crippen LogP contribution in [-0.2, 0) is 17.6 Å². The third-order valence-electron chi connectivity index (χ3n) is 3.57. The summed E-state index contributed by atoms with van der Waals surface area (Å²) < 4.78 is 5.43. The van der Waals surface area contributed by atoms with Gasteiger partial charge in [-0.2, -0.15) is 0 Å². The van der Waals surface area contributed by atoms with E-state index in [1.54, 1.807) is 0 Å². The molecule has 1 aromatic heterocycles. The Bertz CT molecular complexity index is 825. The second-order valence-corrected chi connectivity index (χ2v) is 5.87. The maximum atomic E-state index is 12.0. The Hall–Kier alpha value is -2.33. The van der Waals surface area contributed by atoms with Crippen LogP contribution < -0.4 is 5.32 Å². The van der Waals surface area contributed by atoms with E-state index >= 15 is 0 Å². The normalized spacial score (nSPS) is 10.9. The average molecular weight is 329 g/mol. The molecule has 23 heavy (non-hydrogen) atoms. The van der Waals surface area contributed by atoms with Crippen LogP contribution in [0.3, 0.4) is 0 Å². The Morgan fingerprint density at radius 3 is 2.70 bits per heavy atom. The summed E-state index contributed by atoms with van der Waals surface area (Å²) in [7, 11) is 0. The summed E-state index contributed by atoms with van der Waals surface area (Å²) in [6.45, 7) is 2.41. The summed E-state index contributed by atoms with van der Waals surface area (Å²) in [5, 5.41) is 3.65. The molecular formula is C18H17ClN2O2. The van der Waals surface area contributed by atoms with E-state index in [2.05, 4.69) is 10.3 Å². The van der Waals surface area contributed by atoms with Crippen molar-refractivity contribution in [2.45, 2.75) is 19.8 Å². The Labute approximate surface area is 139 Å². The fraction of sp³-hybridized carbons (Fsp3) is 0.222. The van der Waals surface area contributed by atoms with Gasteiger partial charge in [0.1, 0.15) is 5.52 Å². The predicted octanol–water partition coefficient (Wildman–Crippen LogP) is 3.69. The molecular weight excluding hydrogens is 312 g/mol. The number of oxazole rings is 1. The van der Waals surface area contributed by atoms with Gasteiger partial charge in [0.05, 0.1) is 6.42 Å². The van der Waals surface area contributed by atoms with Gasteiger partial charge in [-0.15, -0.1) is 0 Å². The van der Waals surface area contributed by atoms with Crippen LogP contribution in [0.2, 0.25) is 5.02 Å². The first kappa shape index (κ1) is 15.6. The minimum Gasteiger partial charge on any atom is -0.441 e. The summed E-state index contributed by atoms with van der Waals surface area (Å²) in [6.07, 6.45) is 1.12. The van der Waals surface area contributed by atoms with Crippen LogP contribution in [0.25, 0.3) is 11.1 Å². The Morgan fingerprint density at radius 2 is 1.91 bits per heavy atom. The number of carbonyl (C=O) groups excluding carboxylic acids is 1. The molecule has 1 amide bonds. The second kappa shape index (κ2) is 6.84. The molecule has 3 rings (SSSR count). The Kier molecular flexibility index (Phi) is 4.63. The zero-order valence-corrected chi connectivity index (χ0v) is 13.6. The number of benzene rings is 2. The first-order valence-electron chi connectivity index (χ1n) is 7.47. The number of fused-ring (bicyclic) bond motifs is 1. The molecule has 0 radical (unpaired) electrons. The summed E-state index contributed by atoms with van der Waals surface area (Å²) in [5.74, 6) is 0.628. The number of hydrogen-bond donors (Lipinski definition) is 1. The number of nitrogens with zero attached hydrogens (tertiary/aromatic N) is 1. The molecule has 0 atom stereocenters.